The zero-order valence-corrected chi connectivity index (χ0v) is 37.9. The van der Waals surface area contributed by atoms with Crippen LogP contribution in [0.1, 0.15) is 30.9 Å². The topological polar surface area (TPSA) is 72.5 Å². The van der Waals surface area contributed by atoms with E-state index in [1.807, 2.05) is 36.4 Å². The van der Waals surface area contributed by atoms with Gasteiger partial charge in [-0.25, -0.2) is 0 Å². The van der Waals surface area contributed by atoms with Crippen LogP contribution in [-0.4, -0.2) is 63.5 Å². The van der Waals surface area contributed by atoms with Crippen molar-refractivity contribution in [3.63, 3.8) is 0 Å². The molecule has 47 heavy (non-hydrogen) atoms. The summed E-state index contributed by atoms with van der Waals surface area (Å²) in [5, 5.41) is 0. The van der Waals surface area contributed by atoms with E-state index in [0.29, 0.717) is 5.75 Å². The average Bonchev–Trinajstić information content (AvgIpc) is 2.85. The van der Waals surface area contributed by atoms with Crippen LogP contribution in [0.5, 0.6) is 11.5 Å². The fraction of sp³-hybridized carbons (Fsp3) is 0.618. The number of rotatable bonds is 20. The van der Waals surface area contributed by atoms with Gasteiger partial charge in [-0.3, -0.25) is 4.79 Å². The monoisotopic (exact) mass is 752 g/mol. The van der Waals surface area contributed by atoms with Gasteiger partial charge in [-0.15, -0.1) is 0 Å². The Bertz CT molecular complexity index is 1300. The summed E-state index contributed by atoms with van der Waals surface area (Å²) in [5.41, 5.74) is 3.29. The molecule has 0 amide bonds. The Labute approximate surface area is 293 Å². The molecular formula is C34H64O7Si6. The molecule has 1 atom stereocenters. The van der Waals surface area contributed by atoms with Crippen LogP contribution in [0.4, 0.5) is 0 Å². The molecule has 0 aromatic heterocycles. The second-order valence-electron chi connectivity index (χ2n) is 16.3. The summed E-state index contributed by atoms with van der Waals surface area (Å²) in [6, 6.07) is 18.1. The summed E-state index contributed by atoms with van der Waals surface area (Å²) in [6.45, 7) is 29.0. The molecule has 0 heterocycles. The molecule has 0 radical (unpaired) electrons. The lowest BCUT2D eigenvalue weighted by molar-refractivity contribution is -0.131. The molecule has 0 fully saturated rings. The van der Waals surface area contributed by atoms with Crippen LogP contribution >= 0.6 is 0 Å². The largest absolute Gasteiger partial charge is 0.496 e. The molecule has 2 rings (SSSR count). The number of benzene rings is 2. The summed E-state index contributed by atoms with van der Waals surface area (Å²) in [7, 11) is -11.6. The number of aryl methyl sites for hydroxylation is 2. The number of carbonyl (C=O) groups is 1. The van der Waals surface area contributed by atoms with E-state index < -0.39 is 50.4 Å². The van der Waals surface area contributed by atoms with Gasteiger partial charge in [0.05, 0.1) is 7.11 Å². The maximum Gasteiger partial charge on any atom is 0.466 e. The van der Waals surface area contributed by atoms with E-state index in [4.69, 9.17) is 25.9 Å². The molecule has 7 nitrogen and oxygen atoms in total. The zero-order chi connectivity index (χ0) is 35.7. The van der Waals surface area contributed by atoms with Gasteiger partial charge in [0.25, 0.3) is 0 Å². The molecule has 0 N–H and O–H groups in total. The molecule has 2 aromatic rings. The molecule has 0 saturated carbocycles. The van der Waals surface area contributed by atoms with E-state index in [-0.39, 0.29) is 5.97 Å². The van der Waals surface area contributed by atoms with E-state index >= 15 is 0 Å². The fourth-order valence-electron chi connectivity index (χ4n) is 6.88. The third kappa shape index (κ3) is 16.4. The van der Waals surface area contributed by atoms with Crippen molar-refractivity contribution in [1.82, 2.24) is 0 Å². The minimum atomic E-state index is -3.05. The van der Waals surface area contributed by atoms with Gasteiger partial charge in [0.2, 0.25) is 0 Å². The molecule has 0 spiro atoms. The first kappa shape index (κ1) is 42.0. The Morgan fingerprint density at radius 3 is 1.43 bits per heavy atom. The Kier molecular flexibility index (Phi) is 15.4. The maximum atomic E-state index is 11.6. The number of hydrogen-bond donors (Lipinski definition) is 0. The maximum absolute atomic E-state index is 11.6. The fourth-order valence-corrected chi connectivity index (χ4v) is 40.1. The summed E-state index contributed by atoms with van der Waals surface area (Å²) in [6.07, 6.45) is 3.73. The van der Waals surface area contributed by atoms with E-state index in [1.54, 1.807) is 7.11 Å². The molecule has 0 saturated heterocycles. The first-order valence-corrected chi connectivity index (χ1v) is 35.2. The Morgan fingerprint density at radius 2 is 0.979 bits per heavy atom. The van der Waals surface area contributed by atoms with Gasteiger partial charge in [0, 0.05) is 13.5 Å². The van der Waals surface area contributed by atoms with Crippen LogP contribution in [0.3, 0.4) is 0 Å². The van der Waals surface area contributed by atoms with E-state index in [9.17, 15) is 4.79 Å². The second kappa shape index (κ2) is 17.2. The van der Waals surface area contributed by atoms with Crippen LogP contribution < -0.4 is 9.47 Å². The molecule has 0 aliphatic rings. The normalized spacial score (nSPS) is 14.5. The lowest BCUT2D eigenvalue weighted by atomic mass is 10.1. The predicted molar refractivity (Wildman–Crippen MR) is 211 cm³/mol. The highest BCUT2D eigenvalue weighted by atomic mass is 28.5. The van der Waals surface area contributed by atoms with Gasteiger partial charge in [0.1, 0.15) is 11.5 Å². The smallest absolute Gasteiger partial charge is 0.466 e. The number of ether oxygens (including phenoxy) is 2. The highest BCUT2D eigenvalue weighted by Gasteiger charge is 2.50. The SMILES string of the molecule is COc1ccccc1CCC[Si](C)(C)O[Si](C)(O[Si](C)(C)CCCc1ccccc1OC(C)=O)O[Si](C)(C)C[Si](C)(C)O[Si](C)(C)C. The number of esters is 1. The molecule has 1 unspecified atom stereocenters. The Hall–Kier alpha value is -1.15. The van der Waals surface area contributed by atoms with Crippen molar-refractivity contribution in [3.05, 3.63) is 59.7 Å². The van der Waals surface area contributed by atoms with Gasteiger partial charge in [0.15, 0.2) is 41.6 Å². The Morgan fingerprint density at radius 1 is 0.574 bits per heavy atom. The van der Waals surface area contributed by atoms with Crippen molar-refractivity contribution < 1.29 is 30.7 Å². The van der Waals surface area contributed by atoms with Crippen molar-refractivity contribution in [2.24, 2.45) is 0 Å². The lowest BCUT2D eigenvalue weighted by Gasteiger charge is -2.45. The number of methoxy groups -OCH3 is 1. The Balaban J connectivity index is 2.24. The van der Waals surface area contributed by atoms with Gasteiger partial charge < -0.3 is 25.9 Å². The molecule has 0 bridgehead atoms. The second-order valence-corrected chi connectivity index (χ2v) is 42.0. The summed E-state index contributed by atoms with van der Waals surface area (Å²) >= 11 is 0. The van der Waals surface area contributed by atoms with Crippen LogP contribution in [0, 0.1) is 0 Å². The lowest BCUT2D eigenvalue weighted by Crippen LogP contribution is -2.61. The third-order valence-electron chi connectivity index (χ3n) is 7.69. The number of carbonyl (C=O) groups excluding carboxylic acids is 1. The minimum Gasteiger partial charge on any atom is -0.496 e. The standard InChI is InChI=1S/C34H64O7Si6/c1-30(35)37-34-26-18-16-22-32(34)24-20-28-44(8,9)40-47(14,41-46(12,13)29-45(10,11)38-42(3,4)5)39-43(6,7)27-19-23-31-21-15-17-25-33(31)36-2/h15-18,21-22,25-26H,19-20,23-24,27-29H2,1-14H3. The molecule has 0 aliphatic heterocycles. The molecule has 0 aliphatic carbocycles. The average molecular weight is 753 g/mol. The zero-order valence-electron chi connectivity index (χ0n) is 31.9. The minimum absolute atomic E-state index is 0.297. The van der Waals surface area contributed by atoms with Crippen molar-refractivity contribution in [3.8, 4) is 11.5 Å². The predicted octanol–water partition coefficient (Wildman–Crippen LogP) is 10.0. The highest BCUT2D eigenvalue weighted by molar-refractivity contribution is 6.97. The quantitative estimate of drug-likeness (QED) is 0.0758. The van der Waals surface area contributed by atoms with Crippen LogP contribution in [0.2, 0.25) is 96.3 Å². The van der Waals surface area contributed by atoms with Crippen molar-refractivity contribution in [2.45, 2.75) is 129 Å². The van der Waals surface area contributed by atoms with Crippen LogP contribution in [0.25, 0.3) is 0 Å². The van der Waals surface area contributed by atoms with Gasteiger partial charge in [-0.2, -0.15) is 0 Å². The first-order chi connectivity index (χ1) is 21.4. The molecule has 266 valence electrons. The van der Waals surface area contributed by atoms with Crippen molar-refractivity contribution in [1.29, 1.82) is 0 Å². The summed E-state index contributed by atoms with van der Waals surface area (Å²) in [4.78, 5) is 11.6. The summed E-state index contributed by atoms with van der Waals surface area (Å²) < 4.78 is 39.6. The third-order valence-corrected chi connectivity index (χ3v) is 33.4. The van der Waals surface area contributed by atoms with Crippen molar-refractivity contribution in [2.75, 3.05) is 7.11 Å². The van der Waals surface area contributed by atoms with Gasteiger partial charge in [-0.1, -0.05) is 36.4 Å². The molecule has 2 aromatic carbocycles. The van der Waals surface area contributed by atoms with E-state index in [0.717, 1.165) is 54.8 Å². The first-order valence-electron chi connectivity index (χ1n) is 17.1. The van der Waals surface area contributed by atoms with Gasteiger partial charge >= 0.3 is 14.8 Å². The van der Waals surface area contributed by atoms with Crippen molar-refractivity contribution >= 4 is 56.4 Å². The summed E-state index contributed by atoms with van der Waals surface area (Å²) in [5.74, 6) is 1.30. The number of hydrogen-bond acceptors (Lipinski definition) is 7. The van der Waals surface area contributed by atoms with Crippen LogP contribution in [-0.2, 0) is 34.1 Å². The van der Waals surface area contributed by atoms with Crippen LogP contribution in [0.15, 0.2) is 48.5 Å². The highest BCUT2D eigenvalue weighted by Crippen LogP contribution is 2.34. The van der Waals surface area contributed by atoms with E-state index in [2.05, 4.69) is 90.7 Å². The van der Waals surface area contributed by atoms with E-state index in [1.165, 1.54) is 12.5 Å². The molecule has 13 heteroatoms. The number of para-hydroxylation sites is 2. The molecular weight excluding hydrogens is 689 g/mol. The van der Waals surface area contributed by atoms with Gasteiger partial charge in [-0.05, 0) is 139 Å².